The average molecular weight is 227 g/mol. The van der Waals surface area contributed by atoms with E-state index in [0.717, 1.165) is 23.2 Å². The van der Waals surface area contributed by atoms with Crippen molar-refractivity contribution in [2.45, 2.75) is 13.3 Å². The molecule has 3 heteroatoms. The second-order valence-corrected chi connectivity index (χ2v) is 3.64. The molecule has 86 valence electrons. The van der Waals surface area contributed by atoms with Gasteiger partial charge in [-0.25, -0.2) is 4.98 Å². The highest BCUT2D eigenvalue weighted by atomic mass is 16.4. The maximum atomic E-state index is 10.4. The zero-order chi connectivity index (χ0) is 12.1. The fraction of sp³-hybridized carbons (Fsp3) is 0.143. The van der Waals surface area contributed by atoms with Crippen LogP contribution >= 0.6 is 0 Å². The average Bonchev–Trinajstić information content (AvgIpc) is 2.80. The standard InChI is InChI=1S/C14H13NO2/c1-2-3-13-10-15-14(17-13)12-6-4-11(5-7-12)8-9-16/h2-7,9-10H,8H2,1H3/b3-2+. The topological polar surface area (TPSA) is 43.1 Å². The van der Waals surface area contributed by atoms with Gasteiger partial charge >= 0.3 is 0 Å². The summed E-state index contributed by atoms with van der Waals surface area (Å²) in [6.45, 7) is 1.93. The highest BCUT2D eigenvalue weighted by Crippen LogP contribution is 2.20. The summed E-state index contributed by atoms with van der Waals surface area (Å²) in [7, 11) is 0. The number of oxazole rings is 1. The number of carbonyl (C=O) groups is 1. The fourth-order valence-corrected chi connectivity index (χ4v) is 1.54. The van der Waals surface area contributed by atoms with Gasteiger partial charge in [0.05, 0.1) is 6.20 Å². The van der Waals surface area contributed by atoms with Gasteiger partial charge in [-0.1, -0.05) is 18.2 Å². The molecule has 1 aromatic heterocycles. The smallest absolute Gasteiger partial charge is 0.226 e. The van der Waals surface area contributed by atoms with Crippen molar-refractivity contribution < 1.29 is 9.21 Å². The molecule has 0 aliphatic carbocycles. The van der Waals surface area contributed by atoms with Crippen LogP contribution in [-0.4, -0.2) is 11.3 Å². The summed E-state index contributed by atoms with van der Waals surface area (Å²) in [5.74, 6) is 1.33. The van der Waals surface area contributed by atoms with Crippen molar-refractivity contribution in [1.82, 2.24) is 4.98 Å². The Hall–Kier alpha value is -2.16. The van der Waals surface area contributed by atoms with Crippen molar-refractivity contribution in [2.24, 2.45) is 0 Å². The van der Waals surface area contributed by atoms with Crippen LogP contribution in [0.3, 0.4) is 0 Å². The number of hydrogen-bond acceptors (Lipinski definition) is 3. The molecule has 0 bridgehead atoms. The normalized spacial score (nSPS) is 10.9. The number of rotatable bonds is 4. The molecular formula is C14H13NO2. The lowest BCUT2D eigenvalue weighted by molar-refractivity contribution is -0.107. The Morgan fingerprint density at radius 2 is 2.06 bits per heavy atom. The van der Waals surface area contributed by atoms with Crippen molar-refractivity contribution in [2.75, 3.05) is 0 Å². The Labute approximate surface area is 99.8 Å². The Morgan fingerprint density at radius 1 is 1.29 bits per heavy atom. The van der Waals surface area contributed by atoms with Crippen LogP contribution in [0, 0.1) is 0 Å². The monoisotopic (exact) mass is 227 g/mol. The Morgan fingerprint density at radius 3 is 2.71 bits per heavy atom. The maximum Gasteiger partial charge on any atom is 0.226 e. The van der Waals surface area contributed by atoms with E-state index in [0.29, 0.717) is 12.3 Å². The van der Waals surface area contributed by atoms with E-state index in [1.54, 1.807) is 6.20 Å². The van der Waals surface area contributed by atoms with E-state index >= 15 is 0 Å². The van der Waals surface area contributed by atoms with Crippen LogP contribution in [0.5, 0.6) is 0 Å². The molecule has 0 amide bonds. The molecule has 1 heterocycles. The third-order valence-electron chi connectivity index (χ3n) is 2.37. The molecule has 3 nitrogen and oxygen atoms in total. The molecule has 0 radical (unpaired) electrons. The second-order valence-electron chi connectivity index (χ2n) is 3.64. The summed E-state index contributed by atoms with van der Waals surface area (Å²) < 4.78 is 5.54. The van der Waals surface area contributed by atoms with Gasteiger partial charge in [-0.2, -0.15) is 0 Å². The number of aldehydes is 1. The molecule has 0 saturated carbocycles. The van der Waals surface area contributed by atoms with Crippen LogP contribution in [0.1, 0.15) is 18.2 Å². The van der Waals surface area contributed by atoms with Gasteiger partial charge in [0.25, 0.3) is 0 Å². The number of hydrogen-bond donors (Lipinski definition) is 0. The Kier molecular flexibility index (Phi) is 3.50. The van der Waals surface area contributed by atoms with E-state index < -0.39 is 0 Å². The van der Waals surface area contributed by atoms with E-state index in [9.17, 15) is 4.79 Å². The first-order valence-electron chi connectivity index (χ1n) is 5.45. The van der Waals surface area contributed by atoms with Gasteiger partial charge < -0.3 is 9.21 Å². The van der Waals surface area contributed by atoms with Gasteiger partial charge in [0.2, 0.25) is 5.89 Å². The predicted molar refractivity (Wildman–Crippen MR) is 66.4 cm³/mol. The molecule has 0 saturated heterocycles. The van der Waals surface area contributed by atoms with E-state index in [-0.39, 0.29) is 0 Å². The summed E-state index contributed by atoms with van der Waals surface area (Å²) in [6, 6.07) is 7.63. The molecule has 1 aromatic carbocycles. The lowest BCUT2D eigenvalue weighted by atomic mass is 10.1. The third-order valence-corrected chi connectivity index (χ3v) is 2.37. The maximum absolute atomic E-state index is 10.4. The highest BCUT2D eigenvalue weighted by Gasteiger charge is 2.04. The van der Waals surface area contributed by atoms with Gasteiger partial charge in [0.1, 0.15) is 12.0 Å². The van der Waals surface area contributed by atoms with Crippen LogP contribution in [0.4, 0.5) is 0 Å². The minimum Gasteiger partial charge on any atom is -0.437 e. The first kappa shape index (κ1) is 11.3. The zero-order valence-corrected chi connectivity index (χ0v) is 9.59. The van der Waals surface area contributed by atoms with E-state index in [1.807, 2.05) is 43.3 Å². The molecule has 0 unspecified atom stereocenters. The van der Waals surface area contributed by atoms with Gasteiger partial charge in [0.15, 0.2) is 0 Å². The van der Waals surface area contributed by atoms with E-state index in [1.165, 1.54) is 0 Å². The minimum atomic E-state index is 0.440. The van der Waals surface area contributed by atoms with E-state index in [2.05, 4.69) is 4.98 Å². The molecule has 17 heavy (non-hydrogen) atoms. The minimum absolute atomic E-state index is 0.440. The molecule has 2 rings (SSSR count). The van der Waals surface area contributed by atoms with E-state index in [4.69, 9.17) is 4.42 Å². The van der Waals surface area contributed by atoms with Crippen molar-refractivity contribution in [1.29, 1.82) is 0 Å². The number of carbonyl (C=O) groups excluding carboxylic acids is 1. The predicted octanol–water partition coefficient (Wildman–Crippen LogP) is 3.12. The summed E-state index contributed by atoms with van der Waals surface area (Å²) in [5, 5.41) is 0. The van der Waals surface area contributed by atoms with Crippen molar-refractivity contribution in [3.05, 3.63) is 47.9 Å². The van der Waals surface area contributed by atoms with Gasteiger partial charge in [-0.15, -0.1) is 0 Å². The van der Waals surface area contributed by atoms with Crippen LogP contribution < -0.4 is 0 Å². The number of allylic oxidation sites excluding steroid dienone is 1. The first-order valence-corrected chi connectivity index (χ1v) is 5.45. The second kappa shape index (κ2) is 5.25. The molecule has 0 fully saturated rings. The number of nitrogens with zero attached hydrogens (tertiary/aromatic N) is 1. The first-order chi connectivity index (χ1) is 8.33. The summed E-state index contributed by atoms with van der Waals surface area (Å²) in [6.07, 6.45) is 6.78. The largest absolute Gasteiger partial charge is 0.437 e. The van der Waals surface area contributed by atoms with Gasteiger partial charge in [0, 0.05) is 12.0 Å². The lowest BCUT2D eigenvalue weighted by Crippen LogP contribution is -1.85. The van der Waals surface area contributed by atoms with Crippen molar-refractivity contribution >= 4 is 12.4 Å². The molecule has 0 spiro atoms. The zero-order valence-electron chi connectivity index (χ0n) is 9.59. The molecule has 0 atom stereocenters. The number of aromatic nitrogens is 1. The summed E-state index contributed by atoms with van der Waals surface area (Å²) >= 11 is 0. The van der Waals surface area contributed by atoms with Crippen molar-refractivity contribution in [3.63, 3.8) is 0 Å². The summed E-state index contributed by atoms with van der Waals surface area (Å²) in [4.78, 5) is 14.6. The fourth-order valence-electron chi connectivity index (χ4n) is 1.54. The molecule has 0 aliphatic rings. The van der Waals surface area contributed by atoms with Crippen LogP contribution in [0.15, 0.2) is 41.0 Å². The molecule has 0 aliphatic heterocycles. The summed E-state index contributed by atoms with van der Waals surface area (Å²) in [5.41, 5.74) is 1.90. The third kappa shape index (κ3) is 2.69. The van der Waals surface area contributed by atoms with Crippen LogP contribution in [0.2, 0.25) is 0 Å². The molecular weight excluding hydrogens is 214 g/mol. The Bertz CT molecular complexity index is 523. The quantitative estimate of drug-likeness (QED) is 0.754. The van der Waals surface area contributed by atoms with Gasteiger partial charge in [-0.3, -0.25) is 0 Å². The SMILES string of the molecule is C/C=C/c1cnc(-c2ccc(CC=O)cc2)o1. The molecule has 0 N–H and O–H groups in total. The highest BCUT2D eigenvalue weighted by molar-refractivity contribution is 5.59. The van der Waals surface area contributed by atoms with Crippen LogP contribution in [0.25, 0.3) is 17.5 Å². The van der Waals surface area contributed by atoms with Crippen LogP contribution in [-0.2, 0) is 11.2 Å². The Balaban J connectivity index is 2.23. The lowest BCUT2D eigenvalue weighted by Gasteiger charge is -1.97. The molecule has 2 aromatic rings. The number of benzene rings is 1. The van der Waals surface area contributed by atoms with Crippen molar-refractivity contribution in [3.8, 4) is 11.5 Å². The van der Waals surface area contributed by atoms with Gasteiger partial charge in [-0.05, 0) is 30.7 Å².